The van der Waals surface area contributed by atoms with Crippen LogP contribution in [0.15, 0.2) is 29.2 Å². The minimum atomic E-state index is -3.49. The van der Waals surface area contributed by atoms with Crippen LogP contribution in [-0.4, -0.2) is 51.4 Å². The fourth-order valence-corrected chi connectivity index (χ4v) is 4.04. The zero-order valence-corrected chi connectivity index (χ0v) is 16.1. The predicted octanol–water partition coefficient (Wildman–Crippen LogP) is 1.83. The first kappa shape index (κ1) is 19.9. The van der Waals surface area contributed by atoms with Gasteiger partial charge in [0.2, 0.25) is 10.0 Å². The van der Waals surface area contributed by atoms with Crippen molar-refractivity contribution in [2.75, 3.05) is 26.2 Å². The molecule has 1 fully saturated rings. The van der Waals surface area contributed by atoms with Crippen LogP contribution in [0.25, 0.3) is 0 Å². The van der Waals surface area contributed by atoms with Gasteiger partial charge in [0, 0.05) is 24.7 Å². The van der Waals surface area contributed by atoms with Gasteiger partial charge in [0.25, 0.3) is 5.91 Å². The van der Waals surface area contributed by atoms with E-state index in [9.17, 15) is 13.2 Å². The summed E-state index contributed by atoms with van der Waals surface area (Å²) in [7, 11) is -3.49. The van der Waals surface area contributed by atoms with Gasteiger partial charge in [0.15, 0.2) is 0 Å². The van der Waals surface area contributed by atoms with E-state index in [2.05, 4.69) is 28.8 Å². The Morgan fingerprint density at radius 3 is 2.40 bits per heavy atom. The van der Waals surface area contributed by atoms with Crippen LogP contribution in [0.1, 0.15) is 44.0 Å². The molecule has 7 heteroatoms. The van der Waals surface area contributed by atoms with Crippen LogP contribution < -0.4 is 10.0 Å². The SMILES string of the molecule is CCNS(=O)(=O)c1ccc(C(=O)NCC(C)N2CCC(C)CC2)cc1. The third kappa shape index (κ3) is 5.52. The molecule has 0 saturated carbocycles. The summed E-state index contributed by atoms with van der Waals surface area (Å²) in [5.41, 5.74) is 0.468. The zero-order valence-electron chi connectivity index (χ0n) is 15.3. The highest BCUT2D eigenvalue weighted by Crippen LogP contribution is 2.17. The Balaban J connectivity index is 1.88. The van der Waals surface area contributed by atoms with Gasteiger partial charge in [-0.05, 0) is 63.0 Å². The zero-order chi connectivity index (χ0) is 18.4. The van der Waals surface area contributed by atoms with Crippen molar-refractivity contribution in [3.05, 3.63) is 29.8 Å². The summed E-state index contributed by atoms with van der Waals surface area (Å²) in [6.45, 7) is 9.21. The molecule has 25 heavy (non-hydrogen) atoms. The maximum Gasteiger partial charge on any atom is 0.251 e. The van der Waals surface area contributed by atoms with Crippen LogP contribution in [0.3, 0.4) is 0 Å². The second kappa shape index (κ2) is 8.78. The number of rotatable bonds is 7. The average Bonchev–Trinajstić information content (AvgIpc) is 2.60. The van der Waals surface area contributed by atoms with E-state index >= 15 is 0 Å². The maximum absolute atomic E-state index is 12.3. The topological polar surface area (TPSA) is 78.5 Å². The Kier molecular flexibility index (Phi) is 6.98. The number of carbonyl (C=O) groups is 1. The van der Waals surface area contributed by atoms with Crippen molar-refractivity contribution >= 4 is 15.9 Å². The predicted molar refractivity (Wildman–Crippen MR) is 99.1 cm³/mol. The molecular formula is C18H29N3O3S. The quantitative estimate of drug-likeness (QED) is 0.771. The van der Waals surface area contributed by atoms with Crippen LogP contribution in [0.2, 0.25) is 0 Å². The highest BCUT2D eigenvalue weighted by atomic mass is 32.2. The van der Waals surface area contributed by atoms with Crippen molar-refractivity contribution in [1.82, 2.24) is 14.9 Å². The summed E-state index contributed by atoms with van der Waals surface area (Å²) in [4.78, 5) is 14.9. The second-order valence-corrected chi connectivity index (χ2v) is 8.57. The van der Waals surface area contributed by atoms with Crippen molar-refractivity contribution in [2.24, 2.45) is 5.92 Å². The number of piperidine rings is 1. The van der Waals surface area contributed by atoms with Gasteiger partial charge in [-0.2, -0.15) is 0 Å². The largest absolute Gasteiger partial charge is 0.350 e. The van der Waals surface area contributed by atoms with Crippen molar-refractivity contribution in [2.45, 2.75) is 44.6 Å². The molecule has 1 aromatic rings. The summed E-state index contributed by atoms with van der Waals surface area (Å²) in [5, 5.41) is 2.94. The first-order valence-corrected chi connectivity index (χ1v) is 10.4. The fourth-order valence-electron chi connectivity index (χ4n) is 3.00. The summed E-state index contributed by atoms with van der Waals surface area (Å²) < 4.78 is 26.3. The molecule has 1 amide bonds. The van der Waals surface area contributed by atoms with Gasteiger partial charge < -0.3 is 5.32 Å². The second-order valence-electron chi connectivity index (χ2n) is 6.80. The number of likely N-dealkylation sites (tertiary alicyclic amines) is 1. The van der Waals surface area contributed by atoms with E-state index in [1.54, 1.807) is 19.1 Å². The number of sulfonamides is 1. The number of nitrogens with one attached hydrogen (secondary N) is 2. The van der Waals surface area contributed by atoms with Crippen LogP contribution >= 0.6 is 0 Å². The molecule has 0 radical (unpaired) electrons. The molecule has 1 unspecified atom stereocenters. The molecule has 140 valence electrons. The minimum Gasteiger partial charge on any atom is -0.350 e. The number of hydrogen-bond acceptors (Lipinski definition) is 4. The molecule has 1 saturated heterocycles. The van der Waals surface area contributed by atoms with E-state index in [0.29, 0.717) is 24.7 Å². The third-order valence-corrected chi connectivity index (χ3v) is 6.32. The van der Waals surface area contributed by atoms with Crippen molar-refractivity contribution < 1.29 is 13.2 Å². The number of hydrogen-bond donors (Lipinski definition) is 2. The molecule has 0 bridgehead atoms. The van der Waals surface area contributed by atoms with Crippen LogP contribution in [0, 0.1) is 5.92 Å². The molecule has 0 spiro atoms. The summed E-state index contributed by atoms with van der Waals surface area (Å²) in [5.74, 6) is 0.611. The lowest BCUT2D eigenvalue weighted by Gasteiger charge is -2.35. The third-order valence-electron chi connectivity index (χ3n) is 4.76. The highest BCUT2D eigenvalue weighted by molar-refractivity contribution is 7.89. The summed E-state index contributed by atoms with van der Waals surface area (Å²) in [6.07, 6.45) is 2.42. The molecule has 0 aromatic heterocycles. The molecule has 1 aliphatic rings. The first-order chi connectivity index (χ1) is 11.8. The van der Waals surface area contributed by atoms with Gasteiger partial charge in [-0.25, -0.2) is 13.1 Å². The van der Waals surface area contributed by atoms with Crippen LogP contribution in [0.5, 0.6) is 0 Å². The minimum absolute atomic E-state index is 0.168. The van der Waals surface area contributed by atoms with Gasteiger partial charge in [-0.15, -0.1) is 0 Å². The number of carbonyl (C=O) groups excluding carboxylic acids is 1. The fraction of sp³-hybridized carbons (Fsp3) is 0.611. The number of amides is 1. The molecule has 1 atom stereocenters. The van der Waals surface area contributed by atoms with Crippen LogP contribution in [-0.2, 0) is 10.0 Å². The number of nitrogens with zero attached hydrogens (tertiary/aromatic N) is 1. The maximum atomic E-state index is 12.3. The Hall–Kier alpha value is -1.44. The standard InChI is InChI=1S/C18H29N3O3S/c1-4-20-25(23,24)17-7-5-16(6-8-17)18(22)19-13-15(3)21-11-9-14(2)10-12-21/h5-8,14-15,20H,4,9-13H2,1-3H3,(H,19,22). The monoisotopic (exact) mass is 367 g/mol. The Morgan fingerprint density at radius 1 is 1.24 bits per heavy atom. The molecule has 2 N–H and O–H groups in total. The molecule has 1 aromatic carbocycles. The normalized spacial score (nSPS) is 18.0. The summed E-state index contributed by atoms with van der Waals surface area (Å²) >= 11 is 0. The van der Waals surface area contributed by atoms with Gasteiger partial charge in [-0.1, -0.05) is 13.8 Å². The van der Waals surface area contributed by atoms with Gasteiger partial charge >= 0.3 is 0 Å². The Bertz CT molecular complexity index is 665. The van der Waals surface area contributed by atoms with E-state index in [1.165, 1.54) is 25.0 Å². The lowest BCUT2D eigenvalue weighted by Crippen LogP contribution is -2.45. The van der Waals surface area contributed by atoms with Gasteiger partial charge in [0.1, 0.15) is 0 Å². The average molecular weight is 368 g/mol. The van der Waals surface area contributed by atoms with Gasteiger partial charge in [0.05, 0.1) is 4.90 Å². The molecule has 0 aliphatic carbocycles. The molecule has 2 rings (SSSR count). The van der Waals surface area contributed by atoms with Crippen molar-refractivity contribution in [3.8, 4) is 0 Å². The first-order valence-electron chi connectivity index (χ1n) is 8.95. The molecular weight excluding hydrogens is 338 g/mol. The molecule has 1 heterocycles. The van der Waals surface area contributed by atoms with E-state index in [-0.39, 0.29) is 10.8 Å². The smallest absolute Gasteiger partial charge is 0.251 e. The Morgan fingerprint density at radius 2 is 1.84 bits per heavy atom. The Labute approximate surface area is 151 Å². The summed E-state index contributed by atoms with van der Waals surface area (Å²) in [6, 6.07) is 6.31. The van der Waals surface area contributed by atoms with E-state index in [0.717, 1.165) is 19.0 Å². The molecule has 1 aliphatic heterocycles. The van der Waals surface area contributed by atoms with Crippen molar-refractivity contribution in [3.63, 3.8) is 0 Å². The lowest BCUT2D eigenvalue weighted by molar-refractivity contribution is 0.0921. The molecule has 6 nitrogen and oxygen atoms in total. The highest BCUT2D eigenvalue weighted by Gasteiger charge is 2.21. The van der Waals surface area contributed by atoms with E-state index in [1.807, 2.05) is 0 Å². The van der Waals surface area contributed by atoms with Crippen molar-refractivity contribution in [1.29, 1.82) is 0 Å². The lowest BCUT2D eigenvalue weighted by atomic mass is 9.98. The van der Waals surface area contributed by atoms with Gasteiger partial charge in [-0.3, -0.25) is 9.69 Å². The van der Waals surface area contributed by atoms with E-state index in [4.69, 9.17) is 0 Å². The number of benzene rings is 1. The van der Waals surface area contributed by atoms with E-state index < -0.39 is 10.0 Å². The van der Waals surface area contributed by atoms with Crippen LogP contribution in [0.4, 0.5) is 0 Å².